The number of hydrogen-bond acceptors (Lipinski definition) is 5. The average Bonchev–Trinajstić information content (AvgIpc) is 3.18. The monoisotopic (exact) mass is 331 g/mol. The SMILES string of the molecule is O=C(NC1CC1)c1cccc(NC(=O)c2ccc([N+](=O)[O-])s2)c1. The van der Waals surface area contributed by atoms with Crippen LogP contribution in [-0.4, -0.2) is 22.8 Å². The Morgan fingerprint density at radius 2 is 1.96 bits per heavy atom. The Bertz CT molecular complexity index is 783. The normalized spacial score (nSPS) is 13.4. The van der Waals surface area contributed by atoms with E-state index in [1.807, 2.05) is 0 Å². The number of rotatable bonds is 5. The van der Waals surface area contributed by atoms with Gasteiger partial charge in [-0.3, -0.25) is 19.7 Å². The molecule has 2 aromatic rings. The van der Waals surface area contributed by atoms with Crippen molar-refractivity contribution in [2.75, 3.05) is 5.32 Å². The Hall–Kier alpha value is -2.74. The number of hydrogen-bond donors (Lipinski definition) is 2. The van der Waals surface area contributed by atoms with Gasteiger partial charge in [0.25, 0.3) is 11.8 Å². The number of benzene rings is 1. The highest BCUT2D eigenvalue weighted by Crippen LogP contribution is 2.25. The minimum absolute atomic E-state index is 0.0901. The first-order valence-electron chi connectivity index (χ1n) is 6.99. The fourth-order valence-electron chi connectivity index (χ4n) is 1.98. The van der Waals surface area contributed by atoms with Crippen molar-refractivity contribution >= 4 is 33.8 Å². The van der Waals surface area contributed by atoms with Crippen molar-refractivity contribution in [1.29, 1.82) is 0 Å². The summed E-state index contributed by atoms with van der Waals surface area (Å²) in [4.78, 5) is 34.4. The molecule has 1 fully saturated rings. The van der Waals surface area contributed by atoms with Crippen LogP contribution in [0.1, 0.15) is 32.9 Å². The quantitative estimate of drug-likeness (QED) is 0.649. The van der Waals surface area contributed by atoms with Crippen LogP contribution in [0.5, 0.6) is 0 Å². The summed E-state index contributed by atoms with van der Waals surface area (Å²) in [6, 6.07) is 9.54. The van der Waals surface area contributed by atoms with E-state index in [2.05, 4.69) is 10.6 Å². The highest BCUT2D eigenvalue weighted by Gasteiger charge is 2.24. The molecular formula is C15H13N3O4S. The molecule has 0 bridgehead atoms. The van der Waals surface area contributed by atoms with E-state index in [9.17, 15) is 19.7 Å². The molecule has 23 heavy (non-hydrogen) atoms. The number of amides is 2. The molecule has 7 nitrogen and oxygen atoms in total. The van der Waals surface area contributed by atoms with Gasteiger partial charge in [-0.15, -0.1) is 0 Å². The molecule has 1 aromatic carbocycles. The second-order valence-corrected chi connectivity index (χ2v) is 6.24. The standard InChI is InChI=1S/C15H13N3O4S/c19-14(16-10-4-5-10)9-2-1-3-11(8-9)17-15(20)12-6-7-13(23-12)18(21)22/h1-3,6-8,10H,4-5H2,(H,16,19)(H,17,20). The summed E-state index contributed by atoms with van der Waals surface area (Å²) in [6.45, 7) is 0. The van der Waals surface area contributed by atoms with Gasteiger partial charge in [0, 0.05) is 23.4 Å². The Balaban J connectivity index is 1.70. The molecule has 0 aliphatic heterocycles. The Morgan fingerprint density at radius 1 is 1.17 bits per heavy atom. The van der Waals surface area contributed by atoms with Gasteiger partial charge in [-0.2, -0.15) is 0 Å². The lowest BCUT2D eigenvalue weighted by Gasteiger charge is -2.07. The van der Waals surface area contributed by atoms with Crippen molar-refractivity contribution in [3.8, 4) is 0 Å². The van der Waals surface area contributed by atoms with E-state index in [4.69, 9.17) is 0 Å². The Labute approximate surface area is 135 Å². The number of nitrogens with one attached hydrogen (secondary N) is 2. The van der Waals surface area contributed by atoms with Gasteiger partial charge < -0.3 is 10.6 Å². The van der Waals surface area contributed by atoms with Crippen molar-refractivity contribution in [3.63, 3.8) is 0 Å². The Morgan fingerprint density at radius 3 is 2.61 bits per heavy atom. The van der Waals surface area contributed by atoms with Crippen molar-refractivity contribution < 1.29 is 14.5 Å². The molecule has 0 unspecified atom stereocenters. The maximum Gasteiger partial charge on any atom is 0.324 e. The zero-order valence-corrected chi connectivity index (χ0v) is 12.8. The van der Waals surface area contributed by atoms with Crippen molar-refractivity contribution in [1.82, 2.24) is 5.32 Å². The van der Waals surface area contributed by atoms with Gasteiger partial charge in [-0.1, -0.05) is 17.4 Å². The summed E-state index contributed by atoms with van der Waals surface area (Å²) in [5.41, 5.74) is 0.932. The molecule has 1 aliphatic rings. The molecule has 0 saturated heterocycles. The van der Waals surface area contributed by atoms with E-state index in [1.54, 1.807) is 24.3 Å². The van der Waals surface area contributed by atoms with Gasteiger partial charge >= 0.3 is 5.00 Å². The van der Waals surface area contributed by atoms with Crippen LogP contribution in [-0.2, 0) is 0 Å². The lowest BCUT2D eigenvalue weighted by Crippen LogP contribution is -2.25. The number of nitrogens with zero attached hydrogens (tertiary/aromatic N) is 1. The molecule has 0 atom stereocenters. The van der Waals surface area contributed by atoms with Crippen LogP contribution < -0.4 is 10.6 Å². The number of nitro groups is 1. The Kier molecular flexibility index (Phi) is 4.07. The van der Waals surface area contributed by atoms with Crippen LogP contribution in [0.25, 0.3) is 0 Å². The molecule has 1 saturated carbocycles. The van der Waals surface area contributed by atoms with Crippen LogP contribution in [0.4, 0.5) is 10.7 Å². The van der Waals surface area contributed by atoms with E-state index >= 15 is 0 Å². The van der Waals surface area contributed by atoms with Gasteiger partial charge in [-0.25, -0.2) is 0 Å². The van der Waals surface area contributed by atoms with E-state index in [0.29, 0.717) is 11.3 Å². The largest absolute Gasteiger partial charge is 0.349 e. The predicted molar refractivity (Wildman–Crippen MR) is 85.9 cm³/mol. The van der Waals surface area contributed by atoms with Crippen molar-refractivity contribution in [2.24, 2.45) is 0 Å². The predicted octanol–water partition coefficient (Wildman–Crippen LogP) is 2.80. The number of thiophene rings is 1. The molecular weight excluding hydrogens is 318 g/mol. The molecule has 0 spiro atoms. The molecule has 2 N–H and O–H groups in total. The second-order valence-electron chi connectivity index (χ2n) is 5.18. The van der Waals surface area contributed by atoms with Gasteiger partial charge in [0.1, 0.15) is 0 Å². The molecule has 1 aliphatic carbocycles. The van der Waals surface area contributed by atoms with E-state index in [-0.39, 0.29) is 21.8 Å². The van der Waals surface area contributed by atoms with Crippen LogP contribution in [0.3, 0.4) is 0 Å². The first-order chi connectivity index (χ1) is 11.0. The van der Waals surface area contributed by atoms with Crippen LogP contribution in [0.15, 0.2) is 36.4 Å². The highest BCUT2D eigenvalue weighted by molar-refractivity contribution is 7.17. The summed E-state index contributed by atoms with van der Waals surface area (Å²) in [7, 11) is 0. The maximum absolute atomic E-state index is 12.1. The summed E-state index contributed by atoms with van der Waals surface area (Å²) < 4.78 is 0. The number of carbonyl (C=O) groups excluding carboxylic acids is 2. The molecule has 3 rings (SSSR count). The maximum atomic E-state index is 12.1. The molecule has 0 radical (unpaired) electrons. The molecule has 118 valence electrons. The zero-order valence-electron chi connectivity index (χ0n) is 11.9. The van der Waals surface area contributed by atoms with Gasteiger partial charge in [0.2, 0.25) is 0 Å². The lowest BCUT2D eigenvalue weighted by molar-refractivity contribution is -0.380. The fraction of sp³-hybridized carbons (Fsp3) is 0.200. The van der Waals surface area contributed by atoms with Gasteiger partial charge in [0.15, 0.2) is 0 Å². The molecule has 1 aromatic heterocycles. The molecule has 2 amide bonds. The lowest BCUT2D eigenvalue weighted by atomic mass is 10.2. The third-order valence-corrected chi connectivity index (χ3v) is 4.33. The topological polar surface area (TPSA) is 101 Å². The van der Waals surface area contributed by atoms with Crippen molar-refractivity contribution in [3.05, 3.63) is 57.0 Å². The van der Waals surface area contributed by atoms with E-state index < -0.39 is 10.8 Å². The number of anilines is 1. The zero-order chi connectivity index (χ0) is 16.4. The first kappa shape index (κ1) is 15.2. The summed E-state index contributed by atoms with van der Waals surface area (Å²) in [5, 5.41) is 16.1. The third kappa shape index (κ3) is 3.72. The second kappa shape index (κ2) is 6.17. The third-order valence-electron chi connectivity index (χ3n) is 3.29. The first-order valence-corrected chi connectivity index (χ1v) is 7.81. The van der Waals surface area contributed by atoms with Gasteiger partial charge in [-0.05, 0) is 37.1 Å². The smallest absolute Gasteiger partial charge is 0.324 e. The average molecular weight is 331 g/mol. The minimum atomic E-state index is -0.537. The summed E-state index contributed by atoms with van der Waals surface area (Å²) in [6.07, 6.45) is 2.00. The highest BCUT2D eigenvalue weighted by atomic mass is 32.1. The van der Waals surface area contributed by atoms with Crippen LogP contribution in [0.2, 0.25) is 0 Å². The molecule has 1 heterocycles. The van der Waals surface area contributed by atoms with E-state index in [0.717, 1.165) is 24.2 Å². The van der Waals surface area contributed by atoms with E-state index in [1.165, 1.54) is 12.1 Å². The van der Waals surface area contributed by atoms with Crippen molar-refractivity contribution in [2.45, 2.75) is 18.9 Å². The van der Waals surface area contributed by atoms with Gasteiger partial charge in [0.05, 0.1) is 9.80 Å². The fourth-order valence-corrected chi connectivity index (χ4v) is 2.69. The van der Waals surface area contributed by atoms with Crippen LogP contribution >= 0.6 is 11.3 Å². The number of carbonyl (C=O) groups is 2. The molecule has 8 heteroatoms. The van der Waals surface area contributed by atoms with Crippen LogP contribution in [0, 0.1) is 10.1 Å². The summed E-state index contributed by atoms with van der Waals surface area (Å²) in [5.74, 6) is -0.613. The summed E-state index contributed by atoms with van der Waals surface area (Å²) >= 11 is 0.805. The minimum Gasteiger partial charge on any atom is -0.349 e.